The molecule has 2 rings (SSSR count). The van der Waals surface area contributed by atoms with E-state index in [2.05, 4.69) is 13.8 Å². The molecule has 1 aliphatic carbocycles. The maximum absolute atomic E-state index is 12.5. The van der Waals surface area contributed by atoms with E-state index in [1.165, 1.54) is 5.56 Å². The number of ketones is 1. The number of aliphatic hydroxyl groups excluding tert-OH is 1. The molecule has 1 aromatic carbocycles. The van der Waals surface area contributed by atoms with Gasteiger partial charge in [0, 0.05) is 6.42 Å². The summed E-state index contributed by atoms with van der Waals surface area (Å²) in [6, 6.07) is 8.03. The predicted molar refractivity (Wildman–Crippen MR) is 81.8 cm³/mol. The van der Waals surface area contributed by atoms with Crippen molar-refractivity contribution in [1.29, 1.82) is 0 Å². The number of allylic oxidation sites excluding steroid dienone is 2. The third-order valence-electron chi connectivity index (χ3n) is 4.07. The van der Waals surface area contributed by atoms with Crippen molar-refractivity contribution in [3.63, 3.8) is 0 Å². The van der Waals surface area contributed by atoms with Crippen molar-refractivity contribution in [1.82, 2.24) is 0 Å². The van der Waals surface area contributed by atoms with Crippen LogP contribution >= 0.6 is 0 Å². The maximum Gasteiger partial charge on any atom is 0.149 e. The Bertz CT molecular complexity index is 537. The van der Waals surface area contributed by atoms with E-state index in [1.807, 2.05) is 43.3 Å². The molecule has 0 amide bonds. The van der Waals surface area contributed by atoms with Crippen molar-refractivity contribution in [2.45, 2.75) is 44.6 Å². The van der Waals surface area contributed by atoms with Gasteiger partial charge in [-0.1, -0.05) is 69.3 Å². The number of Topliss-reactive ketones (excluding diaryl/α,β-unsaturated/α-hetero) is 1. The number of hydrogen-bond donors (Lipinski definition) is 1. The van der Waals surface area contributed by atoms with Crippen LogP contribution < -0.4 is 0 Å². The molecule has 0 saturated heterocycles. The van der Waals surface area contributed by atoms with E-state index in [-0.39, 0.29) is 5.78 Å². The van der Waals surface area contributed by atoms with Crippen molar-refractivity contribution in [3.8, 4) is 0 Å². The molecule has 0 saturated carbocycles. The second-order valence-electron chi connectivity index (χ2n) is 5.61. The Morgan fingerprint density at radius 3 is 2.40 bits per heavy atom. The Kier molecular flexibility index (Phi) is 4.24. The standard InChI is InChI=1S/C18H22O2/c1-4-16(19)18(12-6-5-7-17(18)20)15-10-8-14(9-11-15)13(2)3/h5-13,17,20H,4H2,1-3H3. The van der Waals surface area contributed by atoms with E-state index >= 15 is 0 Å². The van der Waals surface area contributed by atoms with Gasteiger partial charge in [0.15, 0.2) is 0 Å². The van der Waals surface area contributed by atoms with Gasteiger partial charge >= 0.3 is 0 Å². The summed E-state index contributed by atoms with van der Waals surface area (Å²) < 4.78 is 0. The lowest BCUT2D eigenvalue weighted by Gasteiger charge is -2.34. The number of benzene rings is 1. The van der Waals surface area contributed by atoms with Crippen LogP contribution in [0.1, 0.15) is 44.2 Å². The summed E-state index contributed by atoms with van der Waals surface area (Å²) in [4.78, 5) is 12.5. The zero-order valence-electron chi connectivity index (χ0n) is 12.3. The second-order valence-corrected chi connectivity index (χ2v) is 5.61. The molecule has 0 fully saturated rings. The smallest absolute Gasteiger partial charge is 0.149 e. The van der Waals surface area contributed by atoms with Crippen LogP contribution in [0.15, 0.2) is 48.6 Å². The lowest BCUT2D eigenvalue weighted by atomic mass is 9.69. The predicted octanol–water partition coefficient (Wildman–Crippen LogP) is 3.51. The molecule has 20 heavy (non-hydrogen) atoms. The molecule has 106 valence electrons. The largest absolute Gasteiger partial charge is 0.387 e. The lowest BCUT2D eigenvalue weighted by molar-refractivity contribution is -0.125. The van der Waals surface area contributed by atoms with E-state index in [9.17, 15) is 9.90 Å². The van der Waals surface area contributed by atoms with Gasteiger partial charge in [0.25, 0.3) is 0 Å². The van der Waals surface area contributed by atoms with Gasteiger partial charge in [0.1, 0.15) is 11.2 Å². The second kappa shape index (κ2) is 5.76. The van der Waals surface area contributed by atoms with Crippen LogP contribution in [0.5, 0.6) is 0 Å². The molecule has 1 aromatic rings. The third-order valence-corrected chi connectivity index (χ3v) is 4.07. The monoisotopic (exact) mass is 270 g/mol. The Morgan fingerprint density at radius 2 is 1.90 bits per heavy atom. The van der Waals surface area contributed by atoms with Gasteiger partial charge in [-0.15, -0.1) is 0 Å². The van der Waals surface area contributed by atoms with Crippen LogP contribution in [0.2, 0.25) is 0 Å². The Balaban J connectivity index is 2.50. The minimum atomic E-state index is -0.932. The van der Waals surface area contributed by atoms with Crippen LogP contribution in [0.25, 0.3) is 0 Å². The van der Waals surface area contributed by atoms with Crippen LogP contribution in [-0.4, -0.2) is 17.0 Å². The molecule has 0 aromatic heterocycles. The summed E-state index contributed by atoms with van der Waals surface area (Å²) in [5.74, 6) is 0.497. The van der Waals surface area contributed by atoms with Gasteiger partial charge in [0.2, 0.25) is 0 Å². The molecular weight excluding hydrogens is 248 g/mol. The molecule has 0 spiro atoms. The number of rotatable bonds is 4. The Hall–Kier alpha value is -1.67. The van der Waals surface area contributed by atoms with Gasteiger partial charge in [-0.05, 0) is 17.0 Å². The van der Waals surface area contributed by atoms with E-state index in [0.29, 0.717) is 12.3 Å². The molecule has 2 nitrogen and oxygen atoms in total. The average molecular weight is 270 g/mol. The highest BCUT2D eigenvalue weighted by molar-refractivity contribution is 5.93. The van der Waals surface area contributed by atoms with E-state index < -0.39 is 11.5 Å². The number of carbonyl (C=O) groups is 1. The van der Waals surface area contributed by atoms with Crippen molar-refractivity contribution in [2.75, 3.05) is 0 Å². The molecule has 0 aliphatic heterocycles. The molecular formula is C18H22O2. The average Bonchev–Trinajstić information content (AvgIpc) is 2.47. The normalized spacial score (nSPS) is 25.1. The van der Waals surface area contributed by atoms with Gasteiger partial charge < -0.3 is 5.11 Å². The molecule has 0 radical (unpaired) electrons. The Labute approximate surface area is 120 Å². The molecule has 2 unspecified atom stereocenters. The number of aliphatic hydroxyl groups is 1. The molecule has 2 heteroatoms. The van der Waals surface area contributed by atoms with E-state index in [0.717, 1.165) is 5.56 Å². The molecule has 1 N–H and O–H groups in total. The topological polar surface area (TPSA) is 37.3 Å². The minimum absolute atomic E-state index is 0.0443. The summed E-state index contributed by atoms with van der Waals surface area (Å²) in [6.07, 6.45) is 6.74. The summed E-state index contributed by atoms with van der Waals surface area (Å²) in [6.45, 7) is 6.12. The molecule has 0 bridgehead atoms. The van der Waals surface area contributed by atoms with Gasteiger partial charge in [-0.2, -0.15) is 0 Å². The highest BCUT2D eigenvalue weighted by Crippen LogP contribution is 2.35. The summed E-state index contributed by atoms with van der Waals surface area (Å²) in [5, 5.41) is 10.4. The van der Waals surface area contributed by atoms with Crippen LogP contribution in [0.4, 0.5) is 0 Å². The van der Waals surface area contributed by atoms with Crippen LogP contribution in [-0.2, 0) is 10.2 Å². The zero-order chi connectivity index (χ0) is 14.8. The first-order valence-electron chi connectivity index (χ1n) is 7.20. The molecule has 2 atom stereocenters. The highest BCUT2D eigenvalue weighted by atomic mass is 16.3. The minimum Gasteiger partial charge on any atom is -0.387 e. The summed E-state index contributed by atoms with van der Waals surface area (Å²) in [5.41, 5.74) is 1.17. The zero-order valence-corrected chi connectivity index (χ0v) is 12.3. The fraction of sp³-hybridized carbons (Fsp3) is 0.389. The van der Waals surface area contributed by atoms with E-state index in [4.69, 9.17) is 0 Å². The number of carbonyl (C=O) groups excluding carboxylic acids is 1. The van der Waals surface area contributed by atoms with Gasteiger partial charge in [0.05, 0.1) is 6.10 Å². The first-order chi connectivity index (χ1) is 9.52. The SMILES string of the molecule is CCC(=O)C1(c2ccc(C(C)C)cc2)C=CC=CC1O. The fourth-order valence-electron chi connectivity index (χ4n) is 2.75. The van der Waals surface area contributed by atoms with Crippen molar-refractivity contribution >= 4 is 5.78 Å². The summed E-state index contributed by atoms with van der Waals surface area (Å²) in [7, 11) is 0. The molecule has 1 aliphatic rings. The van der Waals surface area contributed by atoms with Crippen molar-refractivity contribution in [3.05, 3.63) is 59.7 Å². The summed E-state index contributed by atoms with van der Waals surface area (Å²) >= 11 is 0. The first-order valence-corrected chi connectivity index (χ1v) is 7.20. The van der Waals surface area contributed by atoms with Gasteiger partial charge in [-0.25, -0.2) is 0 Å². The quantitative estimate of drug-likeness (QED) is 0.909. The highest BCUT2D eigenvalue weighted by Gasteiger charge is 2.42. The fourth-order valence-corrected chi connectivity index (χ4v) is 2.75. The van der Waals surface area contributed by atoms with E-state index in [1.54, 1.807) is 12.2 Å². The maximum atomic E-state index is 12.5. The lowest BCUT2D eigenvalue weighted by Crippen LogP contribution is -2.45. The van der Waals surface area contributed by atoms with Crippen LogP contribution in [0.3, 0.4) is 0 Å². The molecule has 0 heterocycles. The third kappa shape index (κ3) is 2.36. The van der Waals surface area contributed by atoms with Crippen molar-refractivity contribution in [2.24, 2.45) is 0 Å². The van der Waals surface area contributed by atoms with Gasteiger partial charge in [-0.3, -0.25) is 4.79 Å². The van der Waals surface area contributed by atoms with Crippen LogP contribution in [0, 0.1) is 0 Å². The Morgan fingerprint density at radius 1 is 1.25 bits per heavy atom. The number of hydrogen-bond acceptors (Lipinski definition) is 2. The first kappa shape index (κ1) is 14.7. The van der Waals surface area contributed by atoms with Crippen molar-refractivity contribution < 1.29 is 9.90 Å².